The van der Waals surface area contributed by atoms with Gasteiger partial charge in [-0.05, 0) is 39.8 Å². The Morgan fingerprint density at radius 3 is 2.54 bits per heavy atom. The molecule has 0 aliphatic rings. The number of rotatable bonds is 6. The van der Waals surface area contributed by atoms with Crippen LogP contribution in [0.3, 0.4) is 0 Å². The SMILES string of the molecule is CC(C)(C)OC(=O)[C@](C)(COc1ccc(-n2ccnc2)nc1)ON. The Kier molecular flexibility index (Phi) is 5.20. The molecule has 2 N–H and O–H groups in total. The van der Waals surface area contributed by atoms with Crippen LogP contribution in [-0.4, -0.2) is 38.3 Å². The van der Waals surface area contributed by atoms with Crippen LogP contribution >= 0.6 is 0 Å². The molecule has 0 fully saturated rings. The predicted octanol–water partition coefficient (Wildman–Crippen LogP) is 1.64. The van der Waals surface area contributed by atoms with E-state index in [2.05, 4.69) is 9.97 Å². The molecule has 0 aromatic carbocycles. The Balaban J connectivity index is 2.01. The molecule has 8 nitrogen and oxygen atoms in total. The van der Waals surface area contributed by atoms with E-state index < -0.39 is 17.2 Å². The Labute approximate surface area is 140 Å². The highest BCUT2D eigenvalue weighted by atomic mass is 16.7. The van der Waals surface area contributed by atoms with Gasteiger partial charge in [-0.3, -0.25) is 9.40 Å². The molecule has 0 spiro atoms. The van der Waals surface area contributed by atoms with Gasteiger partial charge in [0.2, 0.25) is 5.60 Å². The van der Waals surface area contributed by atoms with E-state index in [1.54, 1.807) is 62.4 Å². The highest BCUT2D eigenvalue weighted by molar-refractivity contribution is 5.79. The zero-order chi connectivity index (χ0) is 17.8. The number of esters is 1. The summed E-state index contributed by atoms with van der Waals surface area (Å²) >= 11 is 0. The molecule has 8 heteroatoms. The topological polar surface area (TPSA) is 101 Å². The van der Waals surface area contributed by atoms with Crippen molar-refractivity contribution in [3.05, 3.63) is 37.1 Å². The van der Waals surface area contributed by atoms with E-state index in [1.165, 1.54) is 6.92 Å². The molecular formula is C16H22N4O4. The number of imidazole rings is 1. The first kappa shape index (κ1) is 17.9. The van der Waals surface area contributed by atoms with Gasteiger partial charge >= 0.3 is 5.97 Å². The highest BCUT2D eigenvalue weighted by Crippen LogP contribution is 2.19. The van der Waals surface area contributed by atoms with Crippen LogP contribution in [-0.2, 0) is 14.4 Å². The summed E-state index contributed by atoms with van der Waals surface area (Å²) in [5, 5.41) is 0. The van der Waals surface area contributed by atoms with Crippen LogP contribution in [0.25, 0.3) is 5.82 Å². The van der Waals surface area contributed by atoms with Crippen LogP contribution in [0, 0.1) is 0 Å². The van der Waals surface area contributed by atoms with Crippen molar-refractivity contribution in [1.29, 1.82) is 0 Å². The number of carbonyl (C=O) groups excluding carboxylic acids is 1. The van der Waals surface area contributed by atoms with E-state index >= 15 is 0 Å². The monoisotopic (exact) mass is 334 g/mol. The molecule has 0 radical (unpaired) electrons. The van der Waals surface area contributed by atoms with Crippen LogP contribution in [0.4, 0.5) is 0 Å². The molecular weight excluding hydrogens is 312 g/mol. The second-order valence-electron chi connectivity index (χ2n) is 6.46. The second kappa shape index (κ2) is 6.98. The number of carbonyl (C=O) groups is 1. The lowest BCUT2D eigenvalue weighted by Crippen LogP contribution is -2.49. The predicted molar refractivity (Wildman–Crippen MR) is 86.4 cm³/mol. The average Bonchev–Trinajstić information content (AvgIpc) is 3.06. The zero-order valence-electron chi connectivity index (χ0n) is 14.2. The smallest absolute Gasteiger partial charge is 0.344 e. The van der Waals surface area contributed by atoms with Gasteiger partial charge in [-0.15, -0.1) is 0 Å². The third-order valence-electron chi connectivity index (χ3n) is 3.09. The van der Waals surface area contributed by atoms with Crippen molar-refractivity contribution in [2.24, 2.45) is 5.90 Å². The molecule has 24 heavy (non-hydrogen) atoms. The standard InChI is InChI=1S/C16H22N4O4/c1-15(2,3)23-14(21)16(4,24-17)10-22-12-5-6-13(19-9-12)20-8-7-18-11-20/h5-9,11H,10,17H2,1-4H3/t16-/m0/s1. The number of hydrogen-bond acceptors (Lipinski definition) is 7. The van der Waals surface area contributed by atoms with Gasteiger partial charge in [-0.25, -0.2) is 20.7 Å². The molecule has 2 heterocycles. The van der Waals surface area contributed by atoms with Crippen LogP contribution in [0.15, 0.2) is 37.1 Å². The summed E-state index contributed by atoms with van der Waals surface area (Å²) in [5.41, 5.74) is -2.07. The Morgan fingerprint density at radius 2 is 2.04 bits per heavy atom. The molecule has 1 atom stereocenters. The maximum atomic E-state index is 12.2. The van der Waals surface area contributed by atoms with Gasteiger partial charge in [0, 0.05) is 12.4 Å². The number of hydrogen-bond donors (Lipinski definition) is 1. The first-order valence-corrected chi connectivity index (χ1v) is 7.42. The van der Waals surface area contributed by atoms with E-state index in [-0.39, 0.29) is 6.61 Å². The molecule has 0 saturated carbocycles. The Bertz CT molecular complexity index is 664. The summed E-state index contributed by atoms with van der Waals surface area (Å²) in [7, 11) is 0. The van der Waals surface area contributed by atoms with Crippen molar-refractivity contribution in [1.82, 2.24) is 14.5 Å². The van der Waals surface area contributed by atoms with Gasteiger partial charge in [0.1, 0.15) is 30.1 Å². The van der Waals surface area contributed by atoms with Gasteiger partial charge in [0.05, 0.1) is 6.20 Å². The molecule has 0 unspecified atom stereocenters. The first-order valence-electron chi connectivity index (χ1n) is 7.42. The quantitative estimate of drug-likeness (QED) is 0.633. The summed E-state index contributed by atoms with van der Waals surface area (Å²) in [6.07, 6.45) is 6.63. The maximum Gasteiger partial charge on any atom is 0.344 e. The van der Waals surface area contributed by atoms with Gasteiger partial charge in [0.15, 0.2) is 0 Å². The minimum atomic E-state index is -1.42. The molecule has 0 aliphatic heterocycles. The van der Waals surface area contributed by atoms with E-state index in [9.17, 15) is 4.79 Å². The Hall–Kier alpha value is -2.45. The third-order valence-corrected chi connectivity index (χ3v) is 3.09. The largest absolute Gasteiger partial charge is 0.488 e. The van der Waals surface area contributed by atoms with E-state index in [1.807, 2.05) is 0 Å². The average molecular weight is 334 g/mol. The number of aromatic nitrogens is 3. The molecule has 0 saturated heterocycles. The van der Waals surface area contributed by atoms with Crippen molar-refractivity contribution in [2.75, 3.05) is 6.61 Å². The maximum absolute atomic E-state index is 12.2. The molecule has 130 valence electrons. The summed E-state index contributed by atoms with van der Waals surface area (Å²) in [4.78, 5) is 25.2. The van der Waals surface area contributed by atoms with Gasteiger partial charge < -0.3 is 9.47 Å². The van der Waals surface area contributed by atoms with Crippen LogP contribution in [0.2, 0.25) is 0 Å². The van der Waals surface area contributed by atoms with Crippen molar-refractivity contribution < 1.29 is 19.1 Å². The van der Waals surface area contributed by atoms with Crippen LogP contribution in [0.1, 0.15) is 27.7 Å². The minimum Gasteiger partial charge on any atom is -0.488 e. The second-order valence-corrected chi connectivity index (χ2v) is 6.46. The molecule has 2 rings (SSSR count). The van der Waals surface area contributed by atoms with Crippen molar-refractivity contribution in [3.8, 4) is 11.6 Å². The van der Waals surface area contributed by atoms with Gasteiger partial charge in [0.25, 0.3) is 0 Å². The highest BCUT2D eigenvalue weighted by Gasteiger charge is 2.39. The number of nitrogens with two attached hydrogens (primary N) is 1. The van der Waals surface area contributed by atoms with E-state index in [4.69, 9.17) is 20.2 Å². The minimum absolute atomic E-state index is 0.107. The fourth-order valence-electron chi connectivity index (χ4n) is 1.75. The number of ether oxygens (including phenoxy) is 2. The molecule has 0 amide bonds. The summed E-state index contributed by atoms with van der Waals surface area (Å²) in [6.45, 7) is 6.70. The van der Waals surface area contributed by atoms with Gasteiger partial charge in [-0.2, -0.15) is 0 Å². The molecule has 2 aromatic rings. The fourth-order valence-corrected chi connectivity index (χ4v) is 1.75. The molecule has 0 bridgehead atoms. The van der Waals surface area contributed by atoms with Crippen LogP contribution in [0.5, 0.6) is 5.75 Å². The van der Waals surface area contributed by atoms with Crippen molar-refractivity contribution in [2.45, 2.75) is 38.9 Å². The first-order chi connectivity index (χ1) is 11.2. The molecule has 0 aliphatic carbocycles. The number of pyridine rings is 1. The normalized spacial score (nSPS) is 14.0. The fraction of sp³-hybridized carbons (Fsp3) is 0.438. The summed E-state index contributed by atoms with van der Waals surface area (Å²) in [5.74, 6) is 5.85. The Morgan fingerprint density at radius 1 is 1.29 bits per heavy atom. The van der Waals surface area contributed by atoms with Crippen molar-refractivity contribution in [3.63, 3.8) is 0 Å². The van der Waals surface area contributed by atoms with Crippen molar-refractivity contribution >= 4 is 5.97 Å². The summed E-state index contributed by atoms with van der Waals surface area (Å²) < 4.78 is 12.6. The van der Waals surface area contributed by atoms with E-state index in [0.717, 1.165) is 0 Å². The lowest BCUT2D eigenvalue weighted by Gasteiger charge is -2.29. The van der Waals surface area contributed by atoms with Gasteiger partial charge in [-0.1, -0.05) is 0 Å². The lowest BCUT2D eigenvalue weighted by atomic mass is 10.1. The zero-order valence-corrected chi connectivity index (χ0v) is 14.2. The molecule has 2 aromatic heterocycles. The summed E-state index contributed by atoms with van der Waals surface area (Å²) in [6, 6.07) is 3.50. The third kappa shape index (κ3) is 4.53. The van der Waals surface area contributed by atoms with E-state index in [0.29, 0.717) is 11.6 Å². The lowest BCUT2D eigenvalue weighted by molar-refractivity contribution is -0.186. The van der Waals surface area contributed by atoms with Crippen LogP contribution < -0.4 is 10.6 Å². The number of nitrogens with zero attached hydrogens (tertiary/aromatic N) is 3.